The molecule has 1 amide bonds. The summed E-state index contributed by atoms with van der Waals surface area (Å²) in [7, 11) is -1.60. The van der Waals surface area contributed by atoms with Gasteiger partial charge in [-0.25, -0.2) is 8.51 Å². The quantitative estimate of drug-likeness (QED) is 0.214. The Labute approximate surface area is 266 Å². The van der Waals surface area contributed by atoms with E-state index in [-0.39, 0.29) is 18.0 Å². The van der Waals surface area contributed by atoms with Crippen LogP contribution >= 0.6 is 23.2 Å². The fourth-order valence-corrected chi connectivity index (χ4v) is 7.32. The first kappa shape index (κ1) is 32.4. The van der Waals surface area contributed by atoms with E-state index in [1.165, 1.54) is 0 Å². The summed E-state index contributed by atoms with van der Waals surface area (Å²) in [4.78, 5) is 22.7. The summed E-state index contributed by atoms with van der Waals surface area (Å²) in [6, 6.07) is 31.9. The van der Waals surface area contributed by atoms with E-state index in [0.29, 0.717) is 33.4 Å². The second-order valence-electron chi connectivity index (χ2n) is 10.4. The molecule has 4 unspecified atom stereocenters. The van der Waals surface area contributed by atoms with E-state index < -0.39 is 17.0 Å². The largest absolute Gasteiger partial charge is 0.349 e. The predicted molar refractivity (Wildman–Crippen MR) is 175 cm³/mol. The highest BCUT2D eigenvalue weighted by Crippen LogP contribution is 2.45. The Morgan fingerprint density at radius 2 is 1.58 bits per heavy atom. The molecule has 8 heteroatoms. The third-order valence-electron chi connectivity index (χ3n) is 7.33. The van der Waals surface area contributed by atoms with Gasteiger partial charge in [-0.05, 0) is 79.3 Å². The van der Waals surface area contributed by atoms with Crippen molar-refractivity contribution in [1.29, 1.82) is 0 Å². The molecule has 1 aliphatic heterocycles. The van der Waals surface area contributed by atoms with E-state index in [0.717, 1.165) is 22.3 Å². The minimum atomic E-state index is -1.60. The molecule has 0 saturated heterocycles. The Kier molecular flexibility index (Phi) is 11.5. The number of rotatable bonds is 8. The lowest BCUT2D eigenvalue weighted by Crippen LogP contribution is -2.44. The molecule has 0 spiro atoms. The van der Waals surface area contributed by atoms with Crippen LogP contribution in [0.2, 0.25) is 10.0 Å². The molecule has 0 aromatic heterocycles. The second kappa shape index (κ2) is 15.3. The zero-order chi connectivity index (χ0) is 30.9. The van der Waals surface area contributed by atoms with Gasteiger partial charge in [-0.1, -0.05) is 102 Å². The molecule has 4 aromatic carbocycles. The Hall–Kier alpha value is -3.55. The van der Waals surface area contributed by atoms with E-state index in [9.17, 15) is 9.00 Å². The molecule has 0 fully saturated rings. The van der Waals surface area contributed by atoms with Gasteiger partial charge in [0, 0.05) is 21.7 Å². The van der Waals surface area contributed by atoms with Gasteiger partial charge in [-0.15, -0.1) is 0 Å². The van der Waals surface area contributed by atoms with Crippen molar-refractivity contribution < 1.29 is 13.8 Å². The Morgan fingerprint density at radius 3 is 2.26 bits per heavy atom. The van der Waals surface area contributed by atoms with Crippen molar-refractivity contribution in [2.75, 3.05) is 0 Å². The minimum Gasteiger partial charge on any atom is -0.349 e. The number of hydrogen-bond donors (Lipinski definition) is 1. The lowest BCUT2D eigenvalue weighted by Gasteiger charge is -2.41. The van der Waals surface area contributed by atoms with Crippen LogP contribution < -0.4 is 5.32 Å². The van der Waals surface area contributed by atoms with Crippen LogP contribution in [0.25, 0.3) is 0 Å². The SMILES string of the molecule is C=O.Cc1ccccc1S(=O)N1C(c2ccc(Cl)cc2)CC=C(C(=O)NC(C)Cc2ccccc2)C1c1cccc(Cl)c1. The number of amides is 1. The Bertz CT molecular complexity index is 1590. The van der Waals surface area contributed by atoms with Gasteiger partial charge >= 0.3 is 0 Å². The van der Waals surface area contributed by atoms with Gasteiger partial charge in [0.1, 0.15) is 17.8 Å². The summed E-state index contributed by atoms with van der Waals surface area (Å²) in [5.74, 6) is -0.181. The summed E-state index contributed by atoms with van der Waals surface area (Å²) in [6.45, 7) is 5.96. The molecule has 0 radical (unpaired) electrons. The summed E-state index contributed by atoms with van der Waals surface area (Å²) in [6.07, 6.45) is 3.20. The molecule has 1 aliphatic rings. The number of hydrogen-bond acceptors (Lipinski definition) is 3. The van der Waals surface area contributed by atoms with Crippen LogP contribution in [0, 0.1) is 6.92 Å². The van der Waals surface area contributed by atoms with E-state index in [1.54, 1.807) is 6.07 Å². The number of aryl methyl sites for hydroxylation is 1. The zero-order valence-electron chi connectivity index (χ0n) is 24.1. The van der Waals surface area contributed by atoms with Crippen molar-refractivity contribution in [3.8, 4) is 0 Å². The fraction of sp³-hybridized carbons (Fsp3) is 0.200. The highest BCUT2D eigenvalue weighted by Gasteiger charge is 2.41. The Morgan fingerprint density at radius 1 is 0.907 bits per heavy atom. The van der Waals surface area contributed by atoms with Crippen LogP contribution in [0.4, 0.5) is 0 Å². The lowest BCUT2D eigenvalue weighted by atomic mass is 9.88. The zero-order valence-corrected chi connectivity index (χ0v) is 26.4. The molecule has 4 atom stereocenters. The smallest absolute Gasteiger partial charge is 0.249 e. The first-order valence-corrected chi connectivity index (χ1v) is 15.8. The molecule has 0 saturated carbocycles. The van der Waals surface area contributed by atoms with Gasteiger partial charge in [-0.3, -0.25) is 4.79 Å². The maximum Gasteiger partial charge on any atom is 0.249 e. The van der Waals surface area contributed by atoms with Crippen molar-refractivity contribution >= 4 is 46.9 Å². The van der Waals surface area contributed by atoms with Crippen LogP contribution in [0.3, 0.4) is 0 Å². The summed E-state index contributed by atoms with van der Waals surface area (Å²) >= 11 is 12.7. The topological polar surface area (TPSA) is 66.5 Å². The van der Waals surface area contributed by atoms with Crippen LogP contribution in [-0.4, -0.2) is 27.3 Å². The van der Waals surface area contributed by atoms with Gasteiger partial charge in [0.15, 0.2) is 0 Å². The number of benzene rings is 4. The van der Waals surface area contributed by atoms with Gasteiger partial charge in [0.25, 0.3) is 0 Å². The van der Waals surface area contributed by atoms with Gasteiger partial charge in [0.2, 0.25) is 5.91 Å². The molecule has 43 heavy (non-hydrogen) atoms. The van der Waals surface area contributed by atoms with E-state index in [1.807, 2.05) is 116 Å². The van der Waals surface area contributed by atoms with Crippen LogP contribution in [-0.2, 0) is 27.0 Å². The average molecular weight is 634 g/mol. The van der Waals surface area contributed by atoms with Crippen LogP contribution in [0.15, 0.2) is 120 Å². The highest BCUT2D eigenvalue weighted by molar-refractivity contribution is 7.82. The van der Waals surface area contributed by atoms with E-state index >= 15 is 0 Å². The van der Waals surface area contributed by atoms with Crippen molar-refractivity contribution in [2.24, 2.45) is 0 Å². The van der Waals surface area contributed by atoms with Crippen molar-refractivity contribution in [1.82, 2.24) is 9.62 Å². The fourth-order valence-electron chi connectivity index (χ4n) is 5.36. The average Bonchev–Trinajstić information content (AvgIpc) is 3.02. The number of nitrogens with zero attached hydrogens (tertiary/aromatic N) is 1. The number of halogens is 2. The molecule has 1 heterocycles. The van der Waals surface area contributed by atoms with Gasteiger partial charge < -0.3 is 10.1 Å². The summed E-state index contributed by atoms with van der Waals surface area (Å²) < 4.78 is 16.5. The lowest BCUT2D eigenvalue weighted by molar-refractivity contribution is -0.118. The molecule has 5 rings (SSSR count). The first-order valence-electron chi connectivity index (χ1n) is 13.9. The molecule has 1 N–H and O–H groups in total. The molecule has 222 valence electrons. The number of nitrogens with one attached hydrogen (secondary N) is 1. The monoisotopic (exact) mass is 632 g/mol. The van der Waals surface area contributed by atoms with Crippen molar-refractivity contribution in [3.63, 3.8) is 0 Å². The van der Waals surface area contributed by atoms with Gasteiger partial charge in [0.05, 0.1) is 17.0 Å². The normalized spacial score (nSPS) is 18.0. The third kappa shape index (κ3) is 7.89. The number of carbonyl (C=O) groups is 2. The molecule has 0 bridgehead atoms. The molecule has 0 aliphatic carbocycles. The van der Waals surface area contributed by atoms with Crippen molar-refractivity contribution in [3.05, 3.63) is 147 Å². The third-order valence-corrected chi connectivity index (χ3v) is 9.50. The van der Waals surface area contributed by atoms with Crippen molar-refractivity contribution in [2.45, 2.75) is 49.7 Å². The maximum absolute atomic E-state index is 14.6. The van der Waals surface area contributed by atoms with E-state index in [4.69, 9.17) is 28.0 Å². The second-order valence-corrected chi connectivity index (χ2v) is 12.6. The van der Waals surface area contributed by atoms with Crippen LogP contribution in [0.5, 0.6) is 0 Å². The first-order chi connectivity index (χ1) is 20.8. The summed E-state index contributed by atoms with van der Waals surface area (Å²) in [5, 5.41) is 4.38. The number of carbonyl (C=O) groups excluding carboxylic acids is 2. The minimum absolute atomic E-state index is 0.102. The summed E-state index contributed by atoms with van der Waals surface area (Å²) in [5.41, 5.74) is 4.39. The molecule has 4 aromatic rings. The molecular formula is C35H34Cl2N2O3S. The molecular weight excluding hydrogens is 599 g/mol. The molecule has 5 nitrogen and oxygen atoms in total. The maximum atomic E-state index is 14.6. The Balaban J connectivity index is 0.00000207. The standard InChI is InChI=1S/C34H32Cl2N2O2S.CH2O/c1-23-9-6-7-14-32(23)41(40)38-31(26-15-17-28(35)18-16-26)20-19-30(33(38)27-12-8-13-29(36)22-27)34(39)37-24(2)21-25-10-4-3-5-11-25;1-2/h3-19,22,24,31,33H,20-21H2,1-2H3,(H,37,39);1H2. The predicted octanol–water partition coefficient (Wildman–Crippen LogP) is 8.00. The highest BCUT2D eigenvalue weighted by atomic mass is 35.5. The van der Waals surface area contributed by atoms with Crippen LogP contribution in [0.1, 0.15) is 47.7 Å². The van der Waals surface area contributed by atoms with E-state index in [2.05, 4.69) is 17.4 Å². The van der Waals surface area contributed by atoms with Gasteiger partial charge in [-0.2, -0.15) is 0 Å².